The maximum Gasteiger partial charge on any atom is 0.265 e. The van der Waals surface area contributed by atoms with Crippen LogP contribution in [0.2, 0.25) is 0 Å². The zero-order valence-electron chi connectivity index (χ0n) is 14.3. The van der Waals surface area contributed by atoms with Crippen LogP contribution < -0.4 is 25.4 Å². The molecule has 0 unspecified atom stereocenters. The van der Waals surface area contributed by atoms with Crippen molar-refractivity contribution in [2.45, 2.75) is 6.42 Å². The molecule has 0 spiro atoms. The first-order chi connectivity index (χ1) is 12.7. The summed E-state index contributed by atoms with van der Waals surface area (Å²) in [6.45, 7) is 1.17. The van der Waals surface area contributed by atoms with Crippen molar-refractivity contribution < 1.29 is 19.1 Å². The second-order valence-corrected chi connectivity index (χ2v) is 5.76. The van der Waals surface area contributed by atoms with Gasteiger partial charge in [-0.25, -0.2) is 0 Å². The molecule has 26 heavy (non-hydrogen) atoms. The van der Waals surface area contributed by atoms with Gasteiger partial charge in [0.15, 0.2) is 6.61 Å². The van der Waals surface area contributed by atoms with Crippen LogP contribution in [0.25, 0.3) is 0 Å². The van der Waals surface area contributed by atoms with Crippen molar-refractivity contribution in [1.29, 1.82) is 0 Å². The first-order valence-corrected chi connectivity index (χ1v) is 8.42. The monoisotopic (exact) mass is 355 g/mol. The molecule has 3 rings (SSSR count). The molecule has 2 aromatic carbocycles. The predicted molar refractivity (Wildman–Crippen MR) is 98.5 cm³/mol. The van der Waals surface area contributed by atoms with E-state index in [1.165, 1.54) is 0 Å². The molecule has 0 fully saturated rings. The molecule has 0 atom stereocenters. The molecule has 0 bridgehead atoms. The van der Waals surface area contributed by atoms with Crippen molar-refractivity contribution in [3.8, 4) is 11.5 Å². The number of amides is 2. The molecule has 7 nitrogen and oxygen atoms in total. The minimum atomic E-state index is -0.169. The van der Waals surface area contributed by atoms with Gasteiger partial charge in [-0.15, -0.1) is 0 Å². The third kappa shape index (κ3) is 4.31. The van der Waals surface area contributed by atoms with Crippen molar-refractivity contribution >= 4 is 23.2 Å². The van der Waals surface area contributed by atoms with Gasteiger partial charge in [0, 0.05) is 25.2 Å². The largest absolute Gasteiger partial charge is 0.492 e. The SMILES string of the molecule is NCCOc1ccc(NC(=O)CCN2C(=O)COc3ccccc32)cc1. The molecule has 0 saturated carbocycles. The van der Waals surface area contributed by atoms with Crippen LogP contribution in [-0.4, -0.2) is 38.1 Å². The third-order valence-electron chi connectivity index (χ3n) is 3.90. The molecule has 0 saturated heterocycles. The van der Waals surface area contributed by atoms with Crippen LogP contribution in [0.1, 0.15) is 6.42 Å². The average molecular weight is 355 g/mol. The summed E-state index contributed by atoms with van der Waals surface area (Å²) in [4.78, 5) is 25.9. The lowest BCUT2D eigenvalue weighted by molar-refractivity contribution is -0.121. The van der Waals surface area contributed by atoms with Crippen LogP contribution in [0, 0.1) is 0 Å². The number of hydrogen-bond acceptors (Lipinski definition) is 5. The number of carbonyl (C=O) groups is 2. The van der Waals surface area contributed by atoms with Gasteiger partial charge in [-0.2, -0.15) is 0 Å². The second kappa shape index (κ2) is 8.35. The summed E-state index contributed by atoms with van der Waals surface area (Å²) in [5.41, 5.74) is 6.75. The number of benzene rings is 2. The molecule has 1 heterocycles. The Balaban J connectivity index is 1.55. The smallest absolute Gasteiger partial charge is 0.265 e. The summed E-state index contributed by atoms with van der Waals surface area (Å²) >= 11 is 0. The van der Waals surface area contributed by atoms with Crippen LogP contribution in [-0.2, 0) is 9.59 Å². The molecule has 2 amide bonds. The average Bonchev–Trinajstić information content (AvgIpc) is 2.66. The number of anilines is 2. The van der Waals surface area contributed by atoms with Gasteiger partial charge in [0.2, 0.25) is 5.91 Å². The Bertz CT molecular complexity index is 777. The second-order valence-electron chi connectivity index (χ2n) is 5.76. The zero-order valence-corrected chi connectivity index (χ0v) is 14.3. The van der Waals surface area contributed by atoms with Crippen molar-refractivity contribution in [2.24, 2.45) is 5.73 Å². The summed E-state index contributed by atoms with van der Waals surface area (Å²) in [6, 6.07) is 14.4. The number of fused-ring (bicyclic) bond motifs is 1. The molecule has 0 aromatic heterocycles. The van der Waals surface area contributed by atoms with E-state index in [0.29, 0.717) is 42.6 Å². The zero-order chi connectivity index (χ0) is 18.4. The fraction of sp³-hybridized carbons (Fsp3) is 0.263. The van der Waals surface area contributed by atoms with Crippen LogP contribution in [0.5, 0.6) is 11.5 Å². The number of nitrogens with two attached hydrogens (primary N) is 1. The number of para-hydroxylation sites is 2. The van der Waals surface area contributed by atoms with Crippen molar-refractivity contribution in [3.63, 3.8) is 0 Å². The normalized spacial score (nSPS) is 13.0. The van der Waals surface area contributed by atoms with Crippen LogP contribution >= 0.6 is 0 Å². The quantitative estimate of drug-likeness (QED) is 0.790. The molecular weight excluding hydrogens is 334 g/mol. The van der Waals surface area contributed by atoms with E-state index in [2.05, 4.69) is 5.32 Å². The first kappa shape index (κ1) is 17.8. The Morgan fingerprint density at radius 1 is 1.19 bits per heavy atom. The minimum absolute atomic E-state index is 0.0110. The highest BCUT2D eigenvalue weighted by Crippen LogP contribution is 2.31. The maximum atomic E-state index is 12.2. The third-order valence-corrected chi connectivity index (χ3v) is 3.90. The maximum absolute atomic E-state index is 12.2. The number of nitrogens with one attached hydrogen (secondary N) is 1. The van der Waals surface area contributed by atoms with Gasteiger partial charge in [-0.3, -0.25) is 9.59 Å². The number of hydrogen-bond donors (Lipinski definition) is 2. The lowest BCUT2D eigenvalue weighted by Gasteiger charge is -2.29. The highest BCUT2D eigenvalue weighted by Gasteiger charge is 2.25. The molecule has 0 aliphatic carbocycles. The lowest BCUT2D eigenvalue weighted by atomic mass is 10.2. The van der Waals surface area contributed by atoms with E-state index in [9.17, 15) is 9.59 Å². The highest BCUT2D eigenvalue weighted by molar-refractivity contribution is 5.99. The van der Waals surface area contributed by atoms with Gasteiger partial charge in [0.05, 0.1) is 5.69 Å². The Labute approximate surface area is 151 Å². The standard InChI is InChI=1S/C19H21N3O4/c20-10-12-25-15-7-5-14(6-8-15)21-18(23)9-11-22-16-3-1-2-4-17(16)26-13-19(22)24/h1-8H,9-13,20H2,(H,21,23). The minimum Gasteiger partial charge on any atom is -0.492 e. The molecule has 136 valence electrons. The van der Waals surface area contributed by atoms with Gasteiger partial charge < -0.3 is 25.4 Å². The number of nitrogens with zero attached hydrogens (tertiary/aromatic N) is 1. The van der Waals surface area contributed by atoms with Gasteiger partial charge in [0.25, 0.3) is 5.91 Å². The van der Waals surface area contributed by atoms with E-state index >= 15 is 0 Å². The van der Waals surface area contributed by atoms with Crippen molar-refractivity contribution in [2.75, 3.05) is 36.5 Å². The first-order valence-electron chi connectivity index (χ1n) is 8.42. The molecule has 1 aliphatic heterocycles. The Morgan fingerprint density at radius 2 is 1.96 bits per heavy atom. The van der Waals surface area contributed by atoms with Crippen LogP contribution in [0.15, 0.2) is 48.5 Å². The number of carbonyl (C=O) groups excluding carboxylic acids is 2. The van der Waals surface area contributed by atoms with E-state index in [-0.39, 0.29) is 24.8 Å². The van der Waals surface area contributed by atoms with E-state index < -0.39 is 0 Å². The van der Waals surface area contributed by atoms with Gasteiger partial charge >= 0.3 is 0 Å². The Hall–Kier alpha value is -3.06. The fourth-order valence-electron chi connectivity index (χ4n) is 2.65. The summed E-state index contributed by atoms with van der Waals surface area (Å²) in [6.07, 6.45) is 0.186. The topological polar surface area (TPSA) is 93.9 Å². The predicted octanol–water partition coefficient (Wildman–Crippen LogP) is 1.78. The van der Waals surface area contributed by atoms with Crippen molar-refractivity contribution in [3.05, 3.63) is 48.5 Å². The molecule has 1 aliphatic rings. The van der Waals surface area contributed by atoms with Gasteiger partial charge in [-0.1, -0.05) is 12.1 Å². The summed E-state index contributed by atoms with van der Waals surface area (Å²) < 4.78 is 10.8. The van der Waals surface area contributed by atoms with Crippen LogP contribution in [0.3, 0.4) is 0 Å². The van der Waals surface area contributed by atoms with Crippen LogP contribution in [0.4, 0.5) is 11.4 Å². The van der Waals surface area contributed by atoms with E-state index in [0.717, 1.165) is 0 Å². The molecule has 7 heteroatoms. The van der Waals surface area contributed by atoms with Crippen molar-refractivity contribution in [1.82, 2.24) is 0 Å². The fourth-order valence-corrected chi connectivity index (χ4v) is 2.65. The van der Waals surface area contributed by atoms with E-state index in [4.69, 9.17) is 15.2 Å². The lowest BCUT2D eigenvalue weighted by Crippen LogP contribution is -2.40. The van der Waals surface area contributed by atoms with E-state index in [1.54, 1.807) is 29.2 Å². The molecular formula is C19H21N3O4. The van der Waals surface area contributed by atoms with Gasteiger partial charge in [-0.05, 0) is 36.4 Å². The molecule has 3 N–H and O–H groups in total. The summed E-state index contributed by atoms with van der Waals surface area (Å²) in [7, 11) is 0. The molecule has 0 radical (unpaired) electrons. The van der Waals surface area contributed by atoms with E-state index in [1.807, 2.05) is 24.3 Å². The Morgan fingerprint density at radius 3 is 2.73 bits per heavy atom. The number of rotatable bonds is 7. The highest BCUT2D eigenvalue weighted by atomic mass is 16.5. The summed E-state index contributed by atoms with van der Waals surface area (Å²) in [5, 5.41) is 2.82. The number of ether oxygens (including phenoxy) is 2. The molecule has 2 aromatic rings. The van der Waals surface area contributed by atoms with Gasteiger partial charge in [0.1, 0.15) is 18.1 Å². The Kier molecular flexibility index (Phi) is 5.70. The summed E-state index contributed by atoms with van der Waals surface area (Å²) in [5.74, 6) is 1.03.